The minimum Gasteiger partial charge on any atom is -0.307 e. The summed E-state index contributed by atoms with van der Waals surface area (Å²) in [5.74, 6) is 5.90. The molecule has 10 heteroatoms. The average molecular weight is 297 g/mol. The summed E-state index contributed by atoms with van der Waals surface area (Å²) in [6.45, 7) is 0.186. The van der Waals surface area contributed by atoms with Gasteiger partial charge in [-0.15, -0.1) is 0 Å². The number of aryl methyl sites for hydroxylation is 1. The number of hydrazine groups is 1. The maximum absolute atomic E-state index is 12.1. The van der Waals surface area contributed by atoms with E-state index in [0.717, 1.165) is 0 Å². The van der Waals surface area contributed by atoms with Crippen LogP contribution in [0.1, 0.15) is 5.82 Å². The maximum Gasteiger partial charge on any atom is 0.244 e. The lowest BCUT2D eigenvalue weighted by Gasteiger charge is -2.09. The molecule has 2 aromatic rings. The number of rotatable bonds is 6. The number of anilines is 1. The molecule has 0 aliphatic carbocycles. The minimum absolute atomic E-state index is 0.00326. The molecule has 9 nitrogen and oxygen atoms in total. The molecule has 0 atom stereocenters. The molecule has 108 valence electrons. The Morgan fingerprint density at radius 1 is 1.40 bits per heavy atom. The molecule has 0 bridgehead atoms. The van der Waals surface area contributed by atoms with Gasteiger partial charge in [-0.25, -0.2) is 29.0 Å². The summed E-state index contributed by atoms with van der Waals surface area (Å²) < 4.78 is 28.2. The van der Waals surface area contributed by atoms with Crippen LogP contribution < -0.4 is 16.0 Å². The van der Waals surface area contributed by atoms with E-state index in [-0.39, 0.29) is 17.3 Å². The predicted molar refractivity (Wildman–Crippen MR) is 71.9 cm³/mol. The molecule has 0 aliphatic rings. The van der Waals surface area contributed by atoms with Gasteiger partial charge in [-0.2, -0.15) is 5.10 Å². The molecule has 0 saturated heterocycles. The minimum atomic E-state index is -3.68. The number of hydrogen-bond acceptors (Lipinski definition) is 7. The summed E-state index contributed by atoms with van der Waals surface area (Å²) in [7, 11) is -1.94. The Bertz CT molecular complexity index is 682. The number of nitrogens with zero attached hydrogens (tertiary/aromatic N) is 4. The van der Waals surface area contributed by atoms with Crippen LogP contribution in [0.3, 0.4) is 0 Å². The van der Waals surface area contributed by atoms with Gasteiger partial charge < -0.3 is 5.43 Å². The van der Waals surface area contributed by atoms with E-state index in [4.69, 9.17) is 5.84 Å². The SMILES string of the molecule is Cn1cnc(CCNS(=O)(=O)c2cccnc2NN)n1. The standard InChI is InChI=1S/C10H15N7O2S/c1-17-7-13-9(16-17)4-6-14-20(18,19)8-3-2-5-12-10(8)15-11/h2-3,5,7,14H,4,6,11H2,1H3,(H,12,15). The van der Waals surface area contributed by atoms with Gasteiger partial charge >= 0.3 is 0 Å². The van der Waals surface area contributed by atoms with Crippen LogP contribution in [0.2, 0.25) is 0 Å². The van der Waals surface area contributed by atoms with Crippen molar-refractivity contribution in [3.05, 3.63) is 30.5 Å². The van der Waals surface area contributed by atoms with Gasteiger partial charge in [0.2, 0.25) is 10.0 Å². The lowest BCUT2D eigenvalue weighted by atomic mass is 10.4. The first-order valence-electron chi connectivity index (χ1n) is 5.79. The third kappa shape index (κ3) is 3.29. The molecule has 4 N–H and O–H groups in total. The molecular formula is C10H15N7O2S. The molecule has 0 fully saturated rings. The number of pyridine rings is 1. The fourth-order valence-corrected chi connectivity index (χ4v) is 2.74. The molecule has 2 aromatic heterocycles. The van der Waals surface area contributed by atoms with E-state index >= 15 is 0 Å². The third-order valence-corrected chi connectivity index (χ3v) is 3.98. The zero-order valence-electron chi connectivity index (χ0n) is 10.8. The van der Waals surface area contributed by atoms with Gasteiger partial charge in [-0.05, 0) is 12.1 Å². The highest BCUT2D eigenvalue weighted by atomic mass is 32.2. The first-order valence-corrected chi connectivity index (χ1v) is 7.27. The molecule has 0 aromatic carbocycles. The smallest absolute Gasteiger partial charge is 0.244 e. The molecule has 0 amide bonds. The fourth-order valence-electron chi connectivity index (χ4n) is 1.59. The Balaban J connectivity index is 2.04. The quantitative estimate of drug-likeness (QED) is 0.461. The molecule has 0 aliphatic heterocycles. The first kappa shape index (κ1) is 14.4. The number of hydrogen-bond donors (Lipinski definition) is 3. The summed E-state index contributed by atoms with van der Waals surface area (Å²) in [6.07, 6.45) is 3.40. The molecule has 2 rings (SSSR count). The average Bonchev–Trinajstić information content (AvgIpc) is 2.84. The Kier molecular flexibility index (Phi) is 4.27. The van der Waals surface area contributed by atoms with Crippen molar-refractivity contribution in [2.24, 2.45) is 12.9 Å². The van der Waals surface area contributed by atoms with Crippen molar-refractivity contribution in [2.75, 3.05) is 12.0 Å². The third-order valence-electron chi connectivity index (χ3n) is 2.48. The van der Waals surface area contributed by atoms with Crippen molar-refractivity contribution in [2.45, 2.75) is 11.3 Å². The summed E-state index contributed by atoms with van der Waals surface area (Å²) in [5.41, 5.74) is 2.25. The fraction of sp³-hybridized carbons (Fsp3) is 0.300. The second kappa shape index (κ2) is 5.94. The molecule has 20 heavy (non-hydrogen) atoms. The van der Waals surface area contributed by atoms with E-state index in [2.05, 4.69) is 25.2 Å². The maximum atomic E-state index is 12.1. The first-order chi connectivity index (χ1) is 9.53. The summed E-state index contributed by atoms with van der Waals surface area (Å²) >= 11 is 0. The van der Waals surface area contributed by atoms with Crippen molar-refractivity contribution in [1.82, 2.24) is 24.5 Å². The summed E-state index contributed by atoms with van der Waals surface area (Å²) in [5, 5.41) is 4.06. The lowest BCUT2D eigenvalue weighted by molar-refractivity contribution is 0.580. The number of nitrogen functional groups attached to an aromatic ring is 1. The highest BCUT2D eigenvalue weighted by Crippen LogP contribution is 2.16. The van der Waals surface area contributed by atoms with Crippen molar-refractivity contribution in [1.29, 1.82) is 0 Å². The van der Waals surface area contributed by atoms with Crippen LogP contribution in [-0.4, -0.2) is 34.7 Å². The van der Waals surface area contributed by atoms with Gasteiger partial charge in [0, 0.05) is 26.2 Å². The van der Waals surface area contributed by atoms with Crippen molar-refractivity contribution in [3.8, 4) is 0 Å². The lowest BCUT2D eigenvalue weighted by Crippen LogP contribution is -2.28. The topological polar surface area (TPSA) is 128 Å². The molecule has 0 radical (unpaired) electrons. The Morgan fingerprint density at radius 2 is 2.20 bits per heavy atom. The van der Waals surface area contributed by atoms with E-state index in [1.807, 2.05) is 0 Å². The molecule has 0 unspecified atom stereocenters. The van der Waals surface area contributed by atoms with Gasteiger partial charge in [0.05, 0.1) is 0 Å². The Labute approximate surface area is 116 Å². The molecule has 2 heterocycles. The second-order valence-corrected chi connectivity index (χ2v) is 5.71. The van der Waals surface area contributed by atoms with E-state index in [1.54, 1.807) is 18.1 Å². The van der Waals surface area contributed by atoms with Crippen molar-refractivity contribution < 1.29 is 8.42 Å². The number of nitrogens with one attached hydrogen (secondary N) is 2. The van der Waals surface area contributed by atoms with Crippen LogP contribution in [0.4, 0.5) is 5.82 Å². The van der Waals surface area contributed by atoms with Crippen LogP contribution in [0.25, 0.3) is 0 Å². The van der Waals surface area contributed by atoms with Crippen LogP contribution in [0.5, 0.6) is 0 Å². The summed E-state index contributed by atoms with van der Waals surface area (Å²) in [4.78, 5) is 7.86. The highest BCUT2D eigenvalue weighted by molar-refractivity contribution is 7.89. The van der Waals surface area contributed by atoms with E-state index in [1.165, 1.54) is 18.3 Å². The van der Waals surface area contributed by atoms with Gasteiger partial charge in [-0.1, -0.05) is 0 Å². The number of sulfonamides is 1. The molecule has 0 spiro atoms. The van der Waals surface area contributed by atoms with Crippen molar-refractivity contribution in [3.63, 3.8) is 0 Å². The monoisotopic (exact) mass is 297 g/mol. The van der Waals surface area contributed by atoms with Crippen LogP contribution in [0, 0.1) is 0 Å². The summed E-state index contributed by atoms with van der Waals surface area (Å²) in [6, 6.07) is 2.94. The van der Waals surface area contributed by atoms with E-state index in [9.17, 15) is 8.42 Å². The van der Waals surface area contributed by atoms with Crippen LogP contribution in [0.15, 0.2) is 29.6 Å². The van der Waals surface area contributed by atoms with Gasteiger partial charge in [0.15, 0.2) is 11.6 Å². The second-order valence-electron chi connectivity index (χ2n) is 3.98. The largest absolute Gasteiger partial charge is 0.307 e. The Hall–Kier alpha value is -2.04. The number of aromatic nitrogens is 4. The molecular weight excluding hydrogens is 282 g/mol. The van der Waals surface area contributed by atoms with E-state index < -0.39 is 10.0 Å². The molecule has 0 saturated carbocycles. The predicted octanol–water partition coefficient (Wildman–Crippen LogP) is -0.983. The highest BCUT2D eigenvalue weighted by Gasteiger charge is 2.18. The normalized spacial score (nSPS) is 11.5. The van der Waals surface area contributed by atoms with Gasteiger partial charge in [0.25, 0.3) is 0 Å². The Morgan fingerprint density at radius 3 is 2.85 bits per heavy atom. The van der Waals surface area contributed by atoms with Crippen LogP contribution >= 0.6 is 0 Å². The van der Waals surface area contributed by atoms with Gasteiger partial charge in [-0.3, -0.25) is 4.68 Å². The van der Waals surface area contributed by atoms with E-state index in [0.29, 0.717) is 12.2 Å². The van der Waals surface area contributed by atoms with Crippen molar-refractivity contribution >= 4 is 15.8 Å². The zero-order chi connectivity index (χ0) is 14.6. The zero-order valence-corrected chi connectivity index (χ0v) is 11.6. The van der Waals surface area contributed by atoms with Crippen LogP contribution in [-0.2, 0) is 23.5 Å². The number of nitrogens with two attached hydrogens (primary N) is 1. The van der Waals surface area contributed by atoms with Gasteiger partial charge in [0.1, 0.15) is 11.2 Å².